The summed E-state index contributed by atoms with van der Waals surface area (Å²) < 4.78 is 8.07. The molecule has 6 heteroatoms. The lowest BCUT2D eigenvalue weighted by Crippen LogP contribution is -2.13. The van der Waals surface area contributed by atoms with Gasteiger partial charge in [-0.05, 0) is 44.2 Å². The number of aryl methyl sites for hydroxylation is 1. The molecule has 0 bridgehead atoms. The fraction of sp³-hybridized carbons (Fsp3) is 0.222. The first-order chi connectivity index (χ1) is 11.6. The number of hydrogen-bond acceptors (Lipinski definition) is 4. The van der Waals surface area contributed by atoms with E-state index in [4.69, 9.17) is 4.74 Å². The van der Waals surface area contributed by atoms with Crippen molar-refractivity contribution in [2.75, 3.05) is 11.9 Å². The van der Waals surface area contributed by atoms with Gasteiger partial charge in [0.25, 0.3) is 5.91 Å². The van der Waals surface area contributed by atoms with Gasteiger partial charge in [0.05, 0.1) is 22.4 Å². The Balaban J connectivity index is 1.90. The molecular formula is C18H18N2O3S. The molecule has 0 saturated carbocycles. The third-order valence-corrected chi connectivity index (χ3v) is 4.62. The van der Waals surface area contributed by atoms with E-state index in [-0.39, 0.29) is 10.8 Å². The number of carbonyl (C=O) groups excluding carboxylic acids is 1. The molecule has 0 aliphatic carbocycles. The predicted molar refractivity (Wildman–Crippen MR) is 97.3 cm³/mol. The van der Waals surface area contributed by atoms with Crippen molar-refractivity contribution in [2.45, 2.75) is 20.4 Å². The average Bonchev–Trinajstić information content (AvgIpc) is 2.89. The number of carbonyl (C=O) groups is 1. The molecule has 1 aromatic heterocycles. The van der Waals surface area contributed by atoms with Crippen LogP contribution in [0.3, 0.4) is 0 Å². The lowest BCUT2D eigenvalue weighted by atomic mass is 10.2. The molecule has 2 aromatic carbocycles. The van der Waals surface area contributed by atoms with Crippen molar-refractivity contribution in [1.29, 1.82) is 0 Å². The minimum atomic E-state index is -0.235. The molecule has 1 amide bonds. The van der Waals surface area contributed by atoms with Gasteiger partial charge in [0.15, 0.2) is 0 Å². The molecule has 3 rings (SSSR count). The van der Waals surface area contributed by atoms with E-state index in [0.29, 0.717) is 30.2 Å². The molecule has 0 aliphatic heterocycles. The van der Waals surface area contributed by atoms with Crippen LogP contribution >= 0.6 is 11.3 Å². The van der Waals surface area contributed by atoms with E-state index in [1.54, 1.807) is 22.8 Å². The van der Waals surface area contributed by atoms with E-state index in [9.17, 15) is 9.59 Å². The van der Waals surface area contributed by atoms with Gasteiger partial charge < -0.3 is 10.1 Å². The number of rotatable bonds is 5. The molecule has 0 radical (unpaired) electrons. The van der Waals surface area contributed by atoms with Crippen LogP contribution in [-0.2, 0) is 6.54 Å². The van der Waals surface area contributed by atoms with Gasteiger partial charge in [-0.15, -0.1) is 0 Å². The van der Waals surface area contributed by atoms with Crippen molar-refractivity contribution < 1.29 is 9.53 Å². The van der Waals surface area contributed by atoms with Gasteiger partial charge in [-0.3, -0.25) is 14.2 Å². The van der Waals surface area contributed by atoms with Crippen molar-refractivity contribution in [3.05, 3.63) is 57.7 Å². The van der Waals surface area contributed by atoms with Crippen LogP contribution in [0.2, 0.25) is 0 Å². The first kappa shape index (κ1) is 16.3. The first-order valence-electron chi connectivity index (χ1n) is 7.80. The molecule has 3 aromatic rings. The topological polar surface area (TPSA) is 60.3 Å². The maximum absolute atomic E-state index is 12.5. The Bertz CT molecular complexity index is 943. The van der Waals surface area contributed by atoms with Gasteiger partial charge in [0.1, 0.15) is 5.75 Å². The number of nitrogens with one attached hydrogen (secondary N) is 1. The maximum Gasteiger partial charge on any atom is 0.308 e. The molecule has 0 atom stereocenters. The predicted octanol–water partition coefficient (Wildman–Crippen LogP) is 3.73. The summed E-state index contributed by atoms with van der Waals surface area (Å²) in [6.07, 6.45) is 0. The van der Waals surface area contributed by atoms with Crippen molar-refractivity contribution in [3.63, 3.8) is 0 Å². The van der Waals surface area contributed by atoms with Crippen LogP contribution in [0.5, 0.6) is 5.75 Å². The molecule has 1 heterocycles. The number of para-hydroxylation sites is 1. The zero-order valence-electron chi connectivity index (χ0n) is 13.5. The van der Waals surface area contributed by atoms with Crippen LogP contribution in [0.1, 0.15) is 24.2 Å². The Morgan fingerprint density at radius 1 is 1.21 bits per heavy atom. The highest BCUT2D eigenvalue weighted by molar-refractivity contribution is 7.16. The van der Waals surface area contributed by atoms with E-state index >= 15 is 0 Å². The second-order valence-corrected chi connectivity index (χ2v) is 6.17. The number of hydrogen-bond donors (Lipinski definition) is 1. The monoisotopic (exact) mass is 342 g/mol. The smallest absolute Gasteiger partial charge is 0.308 e. The van der Waals surface area contributed by atoms with Crippen LogP contribution in [0, 0.1) is 0 Å². The van der Waals surface area contributed by atoms with Crippen molar-refractivity contribution in [3.8, 4) is 5.75 Å². The zero-order chi connectivity index (χ0) is 17.1. The second kappa shape index (κ2) is 6.88. The molecule has 0 saturated heterocycles. The summed E-state index contributed by atoms with van der Waals surface area (Å²) >= 11 is 1.18. The number of nitrogens with zero attached hydrogens (tertiary/aromatic N) is 1. The summed E-state index contributed by atoms with van der Waals surface area (Å²) in [4.78, 5) is 24.5. The zero-order valence-corrected chi connectivity index (χ0v) is 14.4. The van der Waals surface area contributed by atoms with Crippen LogP contribution in [0.4, 0.5) is 5.69 Å². The fourth-order valence-electron chi connectivity index (χ4n) is 2.58. The largest absolute Gasteiger partial charge is 0.493 e. The summed E-state index contributed by atoms with van der Waals surface area (Å²) in [5.74, 6) is 0.320. The molecule has 0 unspecified atom stereocenters. The van der Waals surface area contributed by atoms with Crippen LogP contribution in [0.15, 0.2) is 47.3 Å². The van der Waals surface area contributed by atoms with E-state index in [2.05, 4.69) is 5.32 Å². The number of fused-ring (bicyclic) bond motifs is 1. The molecule has 124 valence electrons. The average molecular weight is 342 g/mol. The highest BCUT2D eigenvalue weighted by Gasteiger charge is 2.13. The van der Waals surface area contributed by atoms with E-state index < -0.39 is 0 Å². The summed E-state index contributed by atoms with van der Waals surface area (Å²) in [6, 6.07) is 12.6. The van der Waals surface area contributed by atoms with Crippen molar-refractivity contribution >= 4 is 33.1 Å². The summed E-state index contributed by atoms with van der Waals surface area (Å²) in [7, 11) is 0. The quantitative estimate of drug-likeness (QED) is 0.768. The Morgan fingerprint density at radius 3 is 2.75 bits per heavy atom. The fourth-order valence-corrected chi connectivity index (χ4v) is 3.57. The highest BCUT2D eigenvalue weighted by Crippen LogP contribution is 2.24. The van der Waals surface area contributed by atoms with Gasteiger partial charge in [-0.1, -0.05) is 23.5 Å². The number of benzene rings is 2. The maximum atomic E-state index is 12.5. The molecule has 24 heavy (non-hydrogen) atoms. The second-order valence-electron chi connectivity index (χ2n) is 5.18. The Morgan fingerprint density at radius 2 is 2.00 bits per heavy atom. The van der Waals surface area contributed by atoms with Gasteiger partial charge in [-0.25, -0.2) is 0 Å². The van der Waals surface area contributed by atoms with Gasteiger partial charge in [0, 0.05) is 12.2 Å². The third kappa shape index (κ3) is 3.05. The summed E-state index contributed by atoms with van der Waals surface area (Å²) in [6.45, 7) is 4.94. The minimum absolute atomic E-state index is 0.0117. The Kier molecular flexibility index (Phi) is 4.66. The Labute approximate surface area is 143 Å². The van der Waals surface area contributed by atoms with Crippen LogP contribution < -0.4 is 14.9 Å². The van der Waals surface area contributed by atoms with E-state index in [1.807, 2.05) is 38.1 Å². The van der Waals surface area contributed by atoms with Crippen LogP contribution in [-0.4, -0.2) is 17.1 Å². The van der Waals surface area contributed by atoms with Gasteiger partial charge in [-0.2, -0.15) is 0 Å². The lowest BCUT2D eigenvalue weighted by Gasteiger charge is -2.10. The van der Waals surface area contributed by atoms with Gasteiger partial charge >= 0.3 is 4.87 Å². The number of amides is 1. The summed E-state index contributed by atoms with van der Waals surface area (Å²) in [5.41, 5.74) is 2.03. The van der Waals surface area contributed by atoms with E-state index in [1.165, 1.54) is 11.3 Å². The normalized spacial score (nSPS) is 10.8. The van der Waals surface area contributed by atoms with Gasteiger partial charge in [0.2, 0.25) is 0 Å². The first-order valence-corrected chi connectivity index (χ1v) is 8.62. The van der Waals surface area contributed by atoms with Crippen molar-refractivity contribution in [1.82, 2.24) is 4.57 Å². The number of ether oxygens (including phenoxy) is 1. The molecule has 0 spiro atoms. The Hall–Kier alpha value is -2.60. The number of anilines is 1. The van der Waals surface area contributed by atoms with E-state index in [0.717, 1.165) is 10.2 Å². The van der Waals surface area contributed by atoms with Crippen LogP contribution in [0.25, 0.3) is 10.2 Å². The molecule has 0 aliphatic rings. The standard InChI is InChI=1S/C18H18N2O3S/c1-3-20-14-10-9-12(11-16(14)24-18(20)22)19-17(21)13-7-5-6-8-15(13)23-4-2/h5-11H,3-4H2,1-2H3,(H,19,21). The molecule has 0 fully saturated rings. The minimum Gasteiger partial charge on any atom is -0.493 e. The van der Waals surface area contributed by atoms with Crippen molar-refractivity contribution in [2.24, 2.45) is 0 Å². The molecule has 5 nitrogen and oxygen atoms in total. The SMILES string of the molecule is CCOc1ccccc1C(=O)Nc1ccc2c(c1)sc(=O)n2CC. The number of aromatic nitrogens is 1. The number of thiazole rings is 1. The highest BCUT2D eigenvalue weighted by atomic mass is 32.1. The lowest BCUT2D eigenvalue weighted by molar-refractivity contribution is 0.102. The molecule has 1 N–H and O–H groups in total. The summed E-state index contributed by atoms with van der Waals surface area (Å²) in [5, 5.41) is 2.87. The third-order valence-electron chi connectivity index (χ3n) is 3.67. The molecular weight excluding hydrogens is 324 g/mol.